The Balaban J connectivity index is 3.18. The maximum absolute atomic E-state index is 12.5. The number of aliphatic imine (C=N–C) groups is 1. The Morgan fingerprint density at radius 2 is 2.17 bits per heavy atom. The fourth-order valence-electron chi connectivity index (χ4n) is 0.931. The van der Waals surface area contributed by atoms with Gasteiger partial charge in [0, 0.05) is 24.4 Å². The third-order valence-electron chi connectivity index (χ3n) is 1.68. The molecule has 0 fully saturated rings. The van der Waals surface area contributed by atoms with Gasteiger partial charge in [-0.05, 0) is 19.1 Å². The van der Waals surface area contributed by atoms with Crippen molar-refractivity contribution in [1.29, 1.82) is 0 Å². The molecule has 64 valence electrons. The van der Waals surface area contributed by atoms with Gasteiger partial charge in [-0.1, -0.05) is 0 Å². The molecular weight excluding hydrogens is 157 g/mol. The van der Waals surface area contributed by atoms with Gasteiger partial charge in [-0.3, -0.25) is 4.99 Å². The van der Waals surface area contributed by atoms with E-state index in [1.165, 1.54) is 12.1 Å². The zero-order chi connectivity index (χ0) is 9.14. The number of rotatable bonds is 1. The van der Waals surface area contributed by atoms with Crippen molar-refractivity contribution in [3.8, 4) is 5.75 Å². The summed E-state index contributed by atoms with van der Waals surface area (Å²) < 4.78 is 12.5. The van der Waals surface area contributed by atoms with E-state index >= 15 is 0 Å². The lowest BCUT2D eigenvalue weighted by Crippen LogP contribution is -1.94. The van der Waals surface area contributed by atoms with Crippen LogP contribution in [-0.2, 0) is 0 Å². The first kappa shape index (κ1) is 8.71. The molecule has 0 amide bonds. The van der Waals surface area contributed by atoms with E-state index in [1.54, 1.807) is 14.0 Å². The first-order valence-corrected chi connectivity index (χ1v) is 3.57. The molecule has 0 aliphatic carbocycles. The largest absolute Gasteiger partial charge is 0.507 e. The monoisotopic (exact) mass is 167 g/mol. The lowest BCUT2D eigenvalue weighted by Gasteiger charge is -2.02. The van der Waals surface area contributed by atoms with Crippen molar-refractivity contribution in [2.45, 2.75) is 6.92 Å². The third kappa shape index (κ3) is 1.61. The summed E-state index contributed by atoms with van der Waals surface area (Å²) in [5, 5.41) is 9.27. The van der Waals surface area contributed by atoms with Crippen LogP contribution in [0.3, 0.4) is 0 Å². The number of phenolic OH excluding ortho intramolecular Hbond substituents is 1. The molecular formula is C9H10FNO. The summed E-state index contributed by atoms with van der Waals surface area (Å²) in [5.41, 5.74) is 1.26. The standard InChI is InChI=1S/C9H10FNO/c1-6(11-2)8-4-3-7(10)5-9(8)12/h3-5,12H,1-2H3/b11-6+. The number of phenols is 1. The van der Waals surface area contributed by atoms with Crippen LogP contribution in [0.2, 0.25) is 0 Å². The zero-order valence-electron chi connectivity index (χ0n) is 7.00. The van der Waals surface area contributed by atoms with E-state index in [4.69, 9.17) is 0 Å². The maximum atomic E-state index is 12.5. The van der Waals surface area contributed by atoms with E-state index < -0.39 is 5.82 Å². The van der Waals surface area contributed by atoms with Gasteiger partial charge in [0.05, 0.1) is 0 Å². The molecule has 0 saturated carbocycles. The van der Waals surface area contributed by atoms with Gasteiger partial charge in [0.1, 0.15) is 11.6 Å². The minimum atomic E-state index is -0.444. The molecule has 12 heavy (non-hydrogen) atoms. The van der Waals surface area contributed by atoms with Crippen molar-refractivity contribution >= 4 is 5.71 Å². The summed E-state index contributed by atoms with van der Waals surface area (Å²) in [7, 11) is 1.62. The highest BCUT2D eigenvalue weighted by Gasteiger charge is 2.03. The van der Waals surface area contributed by atoms with Crippen LogP contribution >= 0.6 is 0 Å². The molecule has 0 unspecified atom stereocenters. The van der Waals surface area contributed by atoms with E-state index in [-0.39, 0.29) is 5.75 Å². The lowest BCUT2D eigenvalue weighted by molar-refractivity contribution is 0.468. The van der Waals surface area contributed by atoms with E-state index in [0.29, 0.717) is 11.3 Å². The fourth-order valence-corrected chi connectivity index (χ4v) is 0.931. The smallest absolute Gasteiger partial charge is 0.127 e. The Kier molecular flexibility index (Phi) is 2.43. The van der Waals surface area contributed by atoms with E-state index in [0.717, 1.165) is 6.07 Å². The molecule has 1 aromatic rings. The van der Waals surface area contributed by atoms with Crippen LogP contribution in [0.25, 0.3) is 0 Å². The number of aromatic hydroxyl groups is 1. The summed E-state index contributed by atoms with van der Waals surface area (Å²) in [6, 6.07) is 3.88. The molecule has 2 nitrogen and oxygen atoms in total. The van der Waals surface area contributed by atoms with Crippen LogP contribution in [0.15, 0.2) is 23.2 Å². The van der Waals surface area contributed by atoms with Crippen molar-refractivity contribution in [3.05, 3.63) is 29.6 Å². The molecule has 0 atom stereocenters. The van der Waals surface area contributed by atoms with Crippen molar-refractivity contribution < 1.29 is 9.50 Å². The topological polar surface area (TPSA) is 32.6 Å². The predicted octanol–water partition coefficient (Wildman–Crippen LogP) is 1.97. The van der Waals surface area contributed by atoms with Gasteiger partial charge in [-0.2, -0.15) is 0 Å². The minimum Gasteiger partial charge on any atom is -0.507 e. The Morgan fingerprint density at radius 1 is 1.50 bits per heavy atom. The zero-order valence-corrected chi connectivity index (χ0v) is 7.00. The molecule has 1 rings (SSSR count). The molecule has 0 heterocycles. The van der Waals surface area contributed by atoms with Gasteiger partial charge in [-0.25, -0.2) is 4.39 Å². The molecule has 1 N–H and O–H groups in total. The van der Waals surface area contributed by atoms with Gasteiger partial charge < -0.3 is 5.11 Å². The summed E-state index contributed by atoms with van der Waals surface area (Å²) in [4.78, 5) is 3.88. The van der Waals surface area contributed by atoms with Crippen LogP contribution in [0.1, 0.15) is 12.5 Å². The van der Waals surface area contributed by atoms with Crippen molar-refractivity contribution in [2.24, 2.45) is 4.99 Å². The highest BCUT2D eigenvalue weighted by atomic mass is 19.1. The Bertz CT molecular complexity index is 320. The molecule has 0 radical (unpaired) electrons. The quantitative estimate of drug-likeness (QED) is 0.637. The van der Waals surface area contributed by atoms with Crippen LogP contribution in [0, 0.1) is 5.82 Å². The molecule has 0 aliphatic rings. The summed E-state index contributed by atoms with van der Waals surface area (Å²) in [6.45, 7) is 1.76. The second-order valence-electron chi connectivity index (χ2n) is 2.47. The molecule has 1 aromatic carbocycles. The van der Waals surface area contributed by atoms with Crippen molar-refractivity contribution in [3.63, 3.8) is 0 Å². The van der Waals surface area contributed by atoms with Crippen LogP contribution in [0.4, 0.5) is 4.39 Å². The first-order chi connectivity index (χ1) is 5.65. The van der Waals surface area contributed by atoms with Crippen LogP contribution in [0.5, 0.6) is 5.75 Å². The van der Waals surface area contributed by atoms with Crippen LogP contribution < -0.4 is 0 Å². The molecule has 3 heteroatoms. The Morgan fingerprint density at radius 3 is 2.67 bits per heavy atom. The summed E-state index contributed by atoms with van der Waals surface area (Å²) in [6.07, 6.45) is 0. The van der Waals surface area contributed by atoms with E-state index in [9.17, 15) is 9.50 Å². The number of benzene rings is 1. The Hall–Kier alpha value is -1.38. The highest BCUT2D eigenvalue weighted by Crippen LogP contribution is 2.18. The molecule has 0 saturated heterocycles. The second kappa shape index (κ2) is 3.34. The molecule has 0 aromatic heterocycles. The Labute approximate surface area is 70.4 Å². The van der Waals surface area contributed by atoms with E-state index in [2.05, 4.69) is 4.99 Å². The SMILES string of the molecule is C/N=C(\C)c1ccc(F)cc1O. The first-order valence-electron chi connectivity index (χ1n) is 3.57. The van der Waals surface area contributed by atoms with Crippen molar-refractivity contribution in [1.82, 2.24) is 0 Å². The summed E-state index contributed by atoms with van der Waals surface area (Å²) >= 11 is 0. The van der Waals surface area contributed by atoms with Gasteiger partial charge in [0.2, 0.25) is 0 Å². The van der Waals surface area contributed by atoms with Gasteiger partial charge >= 0.3 is 0 Å². The predicted molar refractivity (Wildman–Crippen MR) is 46.2 cm³/mol. The van der Waals surface area contributed by atoms with Gasteiger partial charge in [0.25, 0.3) is 0 Å². The molecule has 0 spiro atoms. The third-order valence-corrected chi connectivity index (χ3v) is 1.68. The maximum Gasteiger partial charge on any atom is 0.127 e. The van der Waals surface area contributed by atoms with Crippen molar-refractivity contribution in [2.75, 3.05) is 7.05 Å². The number of hydrogen-bond acceptors (Lipinski definition) is 2. The molecule has 0 aliphatic heterocycles. The summed E-state index contributed by atoms with van der Waals surface area (Å²) in [5.74, 6) is -0.516. The van der Waals surface area contributed by atoms with Crippen LogP contribution in [-0.4, -0.2) is 17.9 Å². The second-order valence-corrected chi connectivity index (χ2v) is 2.47. The highest BCUT2D eigenvalue weighted by molar-refractivity contribution is 6.00. The van der Waals surface area contributed by atoms with Gasteiger partial charge in [-0.15, -0.1) is 0 Å². The van der Waals surface area contributed by atoms with Gasteiger partial charge in [0.15, 0.2) is 0 Å². The fraction of sp³-hybridized carbons (Fsp3) is 0.222. The number of halogens is 1. The molecule has 0 bridgehead atoms. The average Bonchev–Trinajstić information content (AvgIpc) is 2.03. The lowest BCUT2D eigenvalue weighted by atomic mass is 10.1. The normalized spacial score (nSPS) is 11.8. The average molecular weight is 167 g/mol. The number of hydrogen-bond donors (Lipinski definition) is 1. The van der Waals surface area contributed by atoms with E-state index in [1.807, 2.05) is 0 Å². The number of nitrogens with zero attached hydrogens (tertiary/aromatic N) is 1. The minimum absolute atomic E-state index is 0.0712.